The van der Waals surface area contributed by atoms with Crippen molar-refractivity contribution in [3.63, 3.8) is 0 Å². The molecule has 0 spiro atoms. The fourth-order valence-electron chi connectivity index (χ4n) is 1.42. The normalized spacial score (nSPS) is 10.5. The van der Waals surface area contributed by atoms with Crippen LogP contribution in [0.25, 0.3) is 0 Å². The number of nitrogens with one attached hydrogen (secondary N) is 2. The summed E-state index contributed by atoms with van der Waals surface area (Å²) in [5.41, 5.74) is 1.19. The van der Waals surface area contributed by atoms with Crippen molar-refractivity contribution in [2.75, 3.05) is 26.2 Å². The second-order valence-electron chi connectivity index (χ2n) is 3.53. The molecule has 0 saturated carbocycles. The molecule has 3 nitrogen and oxygen atoms in total. The number of rotatable bonds is 8. The maximum Gasteiger partial charge on any atom is 0.0404 e. The number of aromatic nitrogens is 1. The molecule has 3 heteroatoms. The minimum Gasteiger partial charge on any atom is -0.316 e. The van der Waals surface area contributed by atoms with E-state index < -0.39 is 0 Å². The van der Waals surface area contributed by atoms with Gasteiger partial charge in [-0.05, 0) is 38.1 Å². The van der Waals surface area contributed by atoms with E-state index in [9.17, 15) is 0 Å². The zero-order valence-electron chi connectivity index (χ0n) is 9.50. The third-order valence-electron chi connectivity index (χ3n) is 2.24. The molecule has 1 heterocycles. The van der Waals surface area contributed by atoms with Crippen LogP contribution in [0.4, 0.5) is 0 Å². The van der Waals surface area contributed by atoms with Crippen molar-refractivity contribution in [1.82, 2.24) is 15.6 Å². The highest BCUT2D eigenvalue weighted by Gasteiger charge is 1.92. The molecule has 0 unspecified atom stereocenters. The Bertz CT molecular complexity index is 236. The Morgan fingerprint density at radius 3 is 2.73 bits per heavy atom. The van der Waals surface area contributed by atoms with Crippen LogP contribution in [0, 0.1) is 0 Å². The number of pyridine rings is 1. The molecule has 0 bridgehead atoms. The van der Waals surface area contributed by atoms with Gasteiger partial charge in [-0.1, -0.05) is 13.0 Å². The summed E-state index contributed by atoms with van der Waals surface area (Å²) >= 11 is 0. The van der Waals surface area contributed by atoms with Crippen molar-refractivity contribution in [1.29, 1.82) is 0 Å². The highest BCUT2D eigenvalue weighted by atomic mass is 14.9. The predicted octanol–water partition coefficient (Wildman–Crippen LogP) is 1.21. The van der Waals surface area contributed by atoms with Crippen molar-refractivity contribution >= 4 is 0 Å². The second-order valence-corrected chi connectivity index (χ2v) is 3.53. The predicted molar refractivity (Wildman–Crippen MR) is 64.0 cm³/mol. The summed E-state index contributed by atoms with van der Waals surface area (Å²) in [6.07, 6.45) is 4.08. The molecule has 0 aliphatic heterocycles. The van der Waals surface area contributed by atoms with Crippen LogP contribution in [0.5, 0.6) is 0 Å². The zero-order valence-corrected chi connectivity index (χ0v) is 9.50. The van der Waals surface area contributed by atoms with Gasteiger partial charge in [0.25, 0.3) is 0 Å². The van der Waals surface area contributed by atoms with Crippen LogP contribution in [-0.2, 0) is 6.42 Å². The van der Waals surface area contributed by atoms with E-state index in [1.807, 2.05) is 18.3 Å². The minimum absolute atomic E-state index is 1.05. The van der Waals surface area contributed by atoms with Crippen LogP contribution in [0.15, 0.2) is 24.4 Å². The van der Waals surface area contributed by atoms with Gasteiger partial charge in [-0.25, -0.2) is 0 Å². The Hall–Kier alpha value is -0.930. The van der Waals surface area contributed by atoms with Gasteiger partial charge in [-0.3, -0.25) is 4.98 Å². The lowest BCUT2D eigenvalue weighted by Gasteiger charge is -2.04. The Morgan fingerprint density at radius 2 is 2.00 bits per heavy atom. The first-order chi connectivity index (χ1) is 7.43. The van der Waals surface area contributed by atoms with Crippen molar-refractivity contribution in [2.45, 2.75) is 19.8 Å². The van der Waals surface area contributed by atoms with Crippen molar-refractivity contribution in [3.05, 3.63) is 30.1 Å². The fourth-order valence-corrected chi connectivity index (χ4v) is 1.42. The molecule has 0 atom stereocenters. The zero-order chi connectivity index (χ0) is 10.8. The Kier molecular flexibility index (Phi) is 6.79. The lowest BCUT2D eigenvalue weighted by atomic mass is 10.2. The van der Waals surface area contributed by atoms with E-state index in [1.165, 1.54) is 5.69 Å². The van der Waals surface area contributed by atoms with Crippen LogP contribution in [-0.4, -0.2) is 31.2 Å². The molecular formula is C12H21N3. The second kappa shape index (κ2) is 8.38. The van der Waals surface area contributed by atoms with Gasteiger partial charge in [0.15, 0.2) is 0 Å². The standard InChI is InChI=1S/C12H21N3/c1-2-13-10-11-14-8-5-7-12-6-3-4-9-15-12/h3-4,6,9,13-14H,2,5,7-8,10-11H2,1H3. The van der Waals surface area contributed by atoms with Crippen LogP contribution in [0.2, 0.25) is 0 Å². The number of aryl methyl sites for hydroxylation is 1. The lowest BCUT2D eigenvalue weighted by molar-refractivity contribution is 0.605. The van der Waals surface area contributed by atoms with Crippen molar-refractivity contribution in [3.8, 4) is 0 Å². The van der Waals surface area contributed by atoms with Gasteiger partial charge in [0.2, 0.25) is 0 Å². The highest BCUT2D eigenvalue weighted by Crippen LogP contribution is 1.96. The van der Waals surface area contributed by atoms with E-state index in [2.05, 4.69) is 28.6 Å². The van der Waals surface area contributed by atoms with Gasteiger partial charge >= 0.3 is 0 Å². The van der Waals surface area contributed by atoms with Crippen molar-refractivity contribution < 1.29 is 0 Å². The lowest BCUT2D eigenvalue weighted by Crippen LogP contribution is -2.27. The van der Waals surface area contributed by atoms with E-state index in [-0.39, 0.29) is 0 Å². The summed E-state index contributed by atoms with van der Waals surface area (Å²) in [4.78, 5) is 4.29. The van der Waals surface area contributed by atoms with Crippen LogP contribution < -0.4 is 10.6 Å². The SMILES string of the molecule is CCNCCNCCCc1ccccn1. The van der Waals surface area contributed by atoms with E-state index in [4.69, 9.17) is 0 Å². The highest BCUT2D eigenvalue weighted by molar-refractivity contribution is 5.03. The summed E-state index contributed by atoms with van der Waals surface area (Å²) in [5, 5.41) is 6.68. The quantitative estimate of drug-likeness (QED) is 0.629. The maximum atomic E-state index is 4.29. The Morgan fingerprint density at radius 1 is 1.13 bits per heavy atom. The molecule has 0 saturated heterocycles. The Labute approximate surface area is 92.3 Å². The molecule has 84 valence electrons. The van der Waals surface area contributed by atoms with E-state index >= 15 is 0 Å². The third kappa shape index (κ3) is 6.20. The number of hydrogen-bond acceptors (Lipinski definition) is 3. The summed E-state index contributed by atoms with van der Waals surface area (Å²) in [6.45, 7) is 6.36. The smallest absolute Gasteiger partial charge is 0.0404 e. The van der Waals surface area contributed by atoms with Crippen LogP contribution in [0.3, 0.4) is 0 Å². The van der Waals surface area contributed by atoms with Gasteiger partial charge in [-0.2, -0.15) is 0 Å². The molecule has 0 radical (unpaired) electrons. The molecule has 0 aliphatic carbocycles. The molecule has 1 rings (SSSR count). The average molecular weight is 207 g/mol. The molecule has 15 heavy (non-hydrogen) atoms. The topological polar surface area (TPSA) is 37.0 Å². The van der Waals surface area contributed by atoms with Gasteiger partial charge < -0.3 is 10.6 Å². The van der Waals surface area contributed by atoms with Gasteiger partial charge in [0.1, 0.15) is 0 Å². The monoisotopic (exact) mass is 207 g/mol. The maximum absolute atomic E-state index is 4.29. The van der Waals surface area contributed by atoms with Crippen LogP contribution >= 0.6 is 0 Å². The molecule has 2 N–H and O–H groups in total. The first-order valence-corrected chi connectivity index (χ1v) is 5.75. The molecular weight excluding hydrogens is 186 g/mol. The number of likely N-dealkylation sites (N-methyl/N-ethyl adjacent to an activating group) is 1. The van der Waals surface area contributed by atoms with Gasteiger partial charge in [0, 0.05) is 25.0 Å². The van der Waals surface area contributed by atoms with Crippen molar-refractivity contribution in [2.24, 2.45) is 0 Å². The first kappa shape index (κ1) is 12.1. The fraction of sp³-hybridized carbons (Fsp3) is 0.583. The van der Waals surface area contributed by atoms with Gasteiger partial charge in [0.05, 0.1) is 0 Å². The largest absolute Gasteiger partial charge is 0.316 e. The van der Waals surface area contributed by atoms with E-state index in [0.29, 0.717) is 0 Å². The molecule has 0 fully saturated rings. The molecule has 0 aromatic carbocycles. The summed E-state index contributed by atoms with van der Waals surface area (Å²) < 4.78 is 0. The molecule has 0 aliphatic rings. The number of hydrogen-bond donors (Lipinski definition) is 2. The summed E-state index contributed by atoms with van der Waals surface area (Å²) in [6, 6.07) is 6.08. The number of nitrogens with zero attached hydrogens (tertiary/aromatic N) is 1. The summed E-state index contributed by atoms with van der Waals surface area (Å²) in [7, 11) is 0. The average Bonchev–Trinajstić information content (AvgIpc) is 2.29. The molecule has 1 aromatic rings. The van der Waals surface area contributed by atoms with Crippen LogP contribution in [0.1, 0.15) is 19.0 Å². The minimum atomic E-state index is 1.05. The Balaban J connectivity index is 1.93. The van der Waals surface area contributed by atoms with Gasteiger partial charge in [-0.15, -0.1) is 0 Å². The molecule has 0 amide bonds. The van der Waals surface area contributed by atoms with E-state index in [1.54, 1.807) is 0 Å². The third-order valence-corrected chi connectivity index (χ3v) is 2.24. The molecule has 1 aromatic heterocycles. The van der Waals surface area contributed by atoms with E-state index in [0.717, 1.165) is 39.0 Å². The summed E-state index contributed by atoms with van der Waals surface area (Å²) in [5.74, 6) is 0. The first-order valence-electron chi connectivity index (χ1n) is 5.75.